The normalized spacial score (nSPS) is 11.9. The topological polar surface area (TPSA) is 101 Å². The van der Waals surface area contributed by atoms with Gasteiger partial charge in [-0.1, -0.05) is 17.7 Å². The van der Waals surface area contributed by atoms with Crippen LogP contribution in [0.5, 0.6) is 0 Å². The first-order valence-electron chi connectivity index (χ1n) is 6.27. The van der Waals surface area contributed by atoms with Crippen LogP contribution >= 0.6 is 0 Å². The molecule has 1 unspecified atom stereocenters. The predicted molar refractivity (Wildman–Crippen MR) is 77.9 cm³/mol. The van der Waals surface area contributed by atoms with Gasteiger partial charge in [-0.3, -0.25) is 4.90 Å². The summed E-state index contributed by atoms with van der Waals surface area (Å²) in [6, 6.07) is 6.91. The van der Waals surface area contributed by atoms with Crippen LogP contribution in [-0.4, -0.2) is 68.4 Å². The summed E-state index contributed by atoms with van der Waals surface area (Å²) >= 11 is -1.84. The van der Waals surface area contributed by atoms with Gasteiger partial charge in [-0.25, -0.2) is 4.21 Å². The standard InChI is InChI=1S/C7H8O2S.C6H15NO3/c1-6-2-4-7(5-3-6)10(8)9;8-4-1-7(2-5-9)3-6-10/h2-5H,1H3,(H,8,9);8-10H,1-6H2. The fourth-order valence-electron chi connectivity index (χ4n) is 1.41. The lowest BCUT2D eigenvalue weighted by atomic mass is 10.2. The molecule has 6 nitrogen and oxygen atoms in total. The summed E-state index contributed by atoms with van der Waals surface area (Å²) in [6.45, 7) is 3.69. The molecular weight excluding hydrogens is 282 g/mol. The van der Waals surface area contributed by atoms with Crippen molar-refractivity contribution in [3.63, 3.8) is 0 Å². The summed E-state index contributed by atoms with van der Waals surface area (Å²) in [4.78, 5) is 2.24. The molecule has 0 amide bonds. The molecule has 0 radical (unpaired) electrons. The minimum absolute atomic E-state index is 0.0694. The van der Waals surface area contributed by atoms with Crippen LogP contribution < -0.4 is 0 Å². The molecule has 7 heteroatoms. The van der Waals surface area contributed by atoms with Crippen molar-refractivity contribution in [2.45, 2.75) is 11.8 Å². The molecule has 20 heavy (non-hydrogen) atoms. The zero-order valence-electron chi connectivity index (χ0n) is 11.6. The van der Waals surface area contributed by atoms with E-state index in [1.54, 1.807) is 17.0 Å². The van der Waals surface area contributed by atoms with Crippen molar-refractivity contribution in [2.24, 2.45) is 0 Å². The molecule has 4 N–H and O–H groups in total. The predicted octanol–water partition coefficient (Wildman–Crippen LogP) is -0.159. The summed E-state index contributed by atoms with van der Waals surface area (Å²) in [5, 5.41) is 25.5. The van der Waals surface area contributed by atoms with E-state index in [2.05, 4.69) is 0 Å². The minimum atomic E-state index is -1.84. The number of aliphatic hydroxyl groups excluding tert-OH is 3. The van der Waals surface area contributed by atoms with Gasteiger partial charge in [0.1, 0.15) is 0 Å². The maximum atomic E-state index is 10.4. The Morgan fingerprint density at radius 2 is 1.35 bits per heavy atom. The monoisotopic (exact) mass is 305 g/mol. The molecule has 0 saturated heterocycles. The van der Waals surface area contributed by atoms with Crippen LogP contribution in [0.2, 0.25) is 0 Å². The Bertz CT molecular complexity index is 357. The molecule has 0 saturated carbocycles. The SMILES string of the molecule is Cc1ccc(S(=O)O)cc1.OCCN(CCO)CCO. The molecule has 0 aliphatic heterocycles. The molecule has 0 spiro atoms. The molecule has 0 aromatic heterocycles. The van der Waals surface area contributed by atoms with Crippen LogP contribution in [-0.2, 0) is 11.1 Å². The minimum Gasteiger partial charge on any atom is -0.395 e. The van der Waals surface area contributed by atoms with Gasteiger partial charge in [-0.2, -0.15) is 0 Å². The summed E-state index contributed by atoms with van der Waals surface area (Å²) in [5.74, 6) is 0. The van der Waals surface area contributed by atoms with Gasteiger partial charge in [-0.05, 0) is 19.1 Å². The van der Waals surface area contributed by atoms with E-state index in [0.717, 1.165) is 5.56 Å². The van der Waals surface area contributed by atoms with Gasteiger partial charge in [0.25, 0.3) is 0 Å². The molecule has 0 bridgehead atoms. The van der Waals surface area contributed by atoms with Gasteiger partial charge in [0.2, 0.25) is 0 Å². The van der Waals surface area contributed by atoms with E-state index in [1.807, 2.05) is 19.1 Å². The molecule has 0 aliphatic rings. The quantitative estimate of drug-likeness (QED) is 0.522. The second kappa shape index (κ2) is 12.0. The first kappa shape index (κ1) is 19.2. The lowest BCUT2D eigenvalue weighted by Gasteiger charge is -2.17. The van der Waals surface area contributed by atoms with Gasteiger partial charge in [-0.15, -0.1) is 0 Å². The zero-order valence-corrected chi connectivity index (χ0v) is 12.4. The summed E-state index contributed by atoms with van der Waals surface area (Å²) in [6.07, 6.45) is 0. The third kappa shape index (κ3) is 9.13. The highest BCUT2D eigenvalue weighted by Gasteiger charge is 2.00. The number of hydrogen-bond donors (Lipinski definition) is 4. The van der Waals surface area contributed by atoms with E-state index >= 15 is 0 Å². The van der Waals surface area contributed by atoms with E-state index in [4.69, 9.17) is 19.9 Å². The highest BCUT2D eigenvalue weighted by atomic mass is 32.2. The Kier molecular flexibility index (Phi) is 11.5. The number of nitrogens with zero attached hydrogens (tertiary/aromatic N) is 1. The Hall–Kier alpha value is -0.830. The van der Waals surface area contributed by atoms with Gasteiger partial charge in [0, 0.05) is 19.6 Å². The maximum Gasteiger partial charge on any atom is 0.186 e. The van der Waals surface area contributed by atoms with Crippen LogP contribution in [0.3, 0.4) is 0 Å². The second-order valence-corrected chi connectivity index (χ2v) is 5.04. The van der Waals surface area contributed by atoms with Gasteiger partial charge in [0.15, 0.2) is 11.1 Å². The van der Waals surface area contributed by atoms with Crippen molar-refractivity contribution in [2.75, 3.05) is 39.5 Å². The highest BCUT2D eigenvalue weighted by molar-refractivity contribution is 7.79. The molecule has 1 atom stereocenters. The summed E-state index contributed by atoms with van der Waals surface area (Å²) in [7, 11) is 0. The third-order valence-electron chi connectivity index (χ3n) is 2.47. The highest BCUT2D eigenvalue weighted by Crippen LogP contribution is 2.05. The maximum absolute atomic E-state index is 10.4. The van der Waals surface area contributed by atoms with Crippen LogP contribution in [0.15, 0.2) is 29.2 Å². The van der Waals surface area contributed by atoms with Gasteiger partial charge >= 0.3 is 0 Å². The molecule has 0 fully saturated rings. The summed E-state index contributed by atoms with van der Waals surface area (Å²) < 4.78 is 19.0. The second-order valence-electron chi connectivity index (χ2n) is 4.07. The average Bonchev–Trinajstić information content (AvgIpc) is 2.41. The molecule has 1 rings (SSSR count). The Morgan fingerprint density at radius 3 is 1.65 bits per heavy atom. The van der Waals surface area contributed by atoms with E-state index in [-0.39, 0.29) is 19.8 Å². The van der Waals surface area contributed by atoms with Gasteiger partial charge in [0.05, 0.1) is 24.7 Å². The zero-order chi connectivity index (χ0) is 15.4. The van der Waals surface area contributed by atoms with E-state index < -0.39 is 11.1 Å². The number of hydrogen-bond acceptors (Lipinski definition) is 5. The molecule has 0 heterocycles. The molecule has 1 aromatic carbocycles. The first-order chi connectivity index (χ1) is 9.54. The van der Waals surface area contributed by atoms with Crippen LogP contribution in [0.1, 0.15) is 5.56 Å². The molecular formula is C13H23NO5S. The van der Waals surface area contributed by atoms with Crippen molar-refractivity contribution in [3.8, 4) is 0 Å². The Balaban J connectivity index is 0.000000361. The van der Waals surface area contributed by atoms with Crippen molar-refractivity contribution in [1.82, 2.24) is 4.90 Å². The van der Waals surface area contributed by atoms with Crippen molar-refractivity contribution in [1.29, 1.82) is 0 Å². The number of aryl methyl sites for hydroxylation is 1. The smallest absolute Gasteiger partial charge is 0.186 e. The third-order valence-corrected chi connectivity index (χ3v) is 3.15. The molecule has 116 valence electrons. The summed E-state index contributed by atoms with van der Waals surface area (Å²) in [5.41, 5.74) is 1.09. The lowest BCUT2D eigenvalue weighted by molar-refractivity contribution is 0.136. The average molecular weight is 305 g/mol. The van der Waals surface area contributed by atoms with Crippen LogP contribution in [0.4, 0.5) is 0 Å². The number of benzene rings is 1. The number of rotatable bonds is 7. The molecule has 0 aliphatic carbocycles. The fourth-order valence-corrected chi connectivity index (χ4v) is 1.78. The van der Waals surface area contributed by atoms with E-state index in [1.165, 1.54) is 0 Å². The van der Waals surface area contributed by atoms with Crippen molar-refractivity contribution < 1.29 is 24.1 Å². The van der Waals surface area contributed by atoms with E-state index in [0.29, 0.717) is 24.5 Å². The van der Waals surface area contributed by atoms with Crippen molar-refractivity contribution >= 4 is 11.1 Å². The van der Waals surface area contributed by atoms with Crippen LogP contribution in [0.25, 0.3) is 0 Å². The molecule has 1 aromatic rings. The van der Waals surface area contributed by atoms with E-state index in [9.17, 15) is 4.21 Å². The number of aliphatic hydroxyl groups is 3. The first-order valence-corrected chi connectivity index (χ1v) is 7.38. The van der Waals surface area contributed by atoms with Gasteiger partial charge < -0.3 is 19.9 Å². The fraction of sp³-hybridized carbons (Fsp3) is 0.538. The van der Waals surface area contributed by atoms with Crippen molar-refractivity contribution in [3.05, 3.63) is 29.8 Å². The Labute approximate surface area is 122 Å². The van der Waals surface area contributed by atoms with Crippen LogP contribution in [0, 0.1) is 6.92 Å². The largest absolute Gasteiger partial charge is 0.395 e. The Morgan fingerprint density at radius 1 is 0.950 bits per heavy atom. The lowest BCUT2D eigenvalue weighted by Crippen LogP contribution is -2.32.